The lowest BCUT2D eigenvalue weighted by Crippen LogP contribution is -2.04. The van der Waals surface area contributed by atoms with Crippen molar-refractivity contribution < 1.29 is 24.1 Å². The number of carboxylic acids is 1. The SMILES string of the molecule is CCOc1cc(CC(=O)O)cc(OC2=CC(c3ccccc3OC)=CCC2)c1. The first-order chi connectivity index (χ1) is 13.6. The van der Waals surface area contributed by atoms with Gasteiger partial charge in [0, 0.05) is 18.1 Å². The van der Waals surface area contributed by atoms with E-state index in [9.17, 15) is 4.79 Å². The molecule has 146 valence electrons. The van der Waals surface area contributed by atoms with Gasteiger partial charge in [-0.3, -0.25) is 4.79 Å². The number of rotatable bonds is 8. The van der Waals surface area contributed by atoms with E-state index in [1.54, 1.807) is 25.3 Å². The predicted octanol–water partition coefficient (Wildman–Crippen LogP) is 4.86. The molecular formula is C23H24O5. The first-order valence-corrected chi connectivity index (χ1v) is 9.29. The van der Waals surface area contributed by atoms with Gasteiger partial charge in [0.05, 0.1) is 20.1 Å². The smallest absolute Gasteiger partial charge is 0.307 e. The fourth-order valence-electron chi connectivity index (χ4n) is 3.19. The Morgan fingerprint density at radius 1 is 1.14 bits per heavy atom. The Balaban J connectivity index is 1.86. The molecule has 1 aliphatic carbocycles. The predicted molar refractivity (Wildman–Crippen MR) is 108 cm³/mol. The van der Waals surface area contributed by atoms with Gasteiger partial charge in [-0.1, -0.05) is 24.3 Å². The fourth-order valence-corrected chi connectivity index (χ4v) is 3.19. The zero-order valence-electron chi connectivity index (χ0n) is 16.1. The molecule has 0 heterocycles. The third kappa shape index (κ3) is 4.94. The van der Waals surface area contributed by atoms with E-state index in [4.69, 9.17) is 19.3 Å². The summed E-state index contributed by atoms with van der Waals surface area (Å²) < 4.78 is 17.1. The summed E-state index contributed by atoms with van der Waals surface area (Å²) in [5, 5.41) is 9.10. The number of ether oxygens (including phenoxy) is 3. The summed E-state index contributed by atoms with van der Waals surface area (Å²) in [6.07, 6.45) is 5.71. The summed E-state index contributed by atoms with van der Waals surface area (Å²) in [5.41, 5.74) is 2.70. The second-order valence-electron chi connectivity index (χ2n) is 6.43. The Kier molecular flexibility index (Phi) is 6.37. The molecule has 0 aromatic heterocycles. The normalized spacial score (nSPS) is 13.4. The molecule has 28 heavy (non-hydrogen) atoms. The molecule has 1 aliphatic rings. The molecular weight excluding hydrogens is 356 g/mol. The maximum Gasteiger partial charge on any atom is 0.307 e. The minimum atomic E-state index is -0.891. The highest BCUT2D eigenvalue weighted by Gasteiger charge is 2.14. The molecule has 0 unspecified atom stereocenters. The summed E-state index contributed by atoms with van der Waals surface area (Å²) in [5.74, 6) is 1.92. The molecule has 0 spiro atoms. The van der Waals surface area contributed by atoms with Crippen LogP contribution in [0.1, 0.15) is 30.9 Å². The van der Waals surface area contributed by atoms with Crippen LogP contribution in [0.4, 0.5) is 0 Å². The lowest BCUT2D eigenvalue weighted by Gasteiger charge is -2.18. The summed E-state index contributed by atoms with van der Waals surface area (Å²) in [7, 11) is 1.66. The van der Waals surface area contributed by atoms with Gasteiger partial charge < -0.3 is 19.3 Å². The Morgan fingerprint density at radius 3 is 2.68 bits per heavy atom. The molecule has 0 bridgehead atoms. The minimum Gasteiger partial charge on any atom is -0.496 e. The van der Waals surface area contributed by atoms with Crippen LogP contribution in [0.15, 0.2) is 60.4 Å². The maximum absolute atomic E-state index is 11.1. The van der Waals surface area contributed by atoms with Gasteiger partial charge in [0.25, 0.3) is 0 Å². The van der Waals surface area contributed by atoms with Crippen LogP contribution in [-0.2, 0) is 11.2 Å². The molecule has 0 saturated carbocycles. The maximum atomic E-state index is 11.1. The van der Waals surface area contributed by atoms with E-state index >= 15 is 0 Å². The highest BCUT2D eigenvalue weighted by molar-refractivity contribution is 5.79. The molecule has 0 saturated heterocycles. The van der Waals surface area contributed by atoms with Crippen LogP contribution in [-0.4, -0.2) is 24.8 Å². The number of aliphatic carboxylic acids is 1. The number of carbonyl (C=O) groups is 1. The highest BCUT2D eigenvalue weighted by Crippen LogP contribution is 2.33. The summed E-state index contributed by atoms with van der Waals surface area (Å²) >= 11 is 0. The molecule has 5 nitrogen and oxygen atoms in total. The third-order valence-corrected chi connectivity index (χ3v) is 4.34. The summed E-state index contributed by atoms with van der Waals surface area (Å²) in [4.78, 5) is 11.1. The van der Waals surface area contributed by atoms with Gasteiger partial charge in [-0.05, 0) is 48.8 Å². The number of methoxy groups -OCH3 is 1. The lowest BCUT2D eigenvalue weighted by molar-refractivity contribution is -0.136. The van der Waals surface area contributed by atoms with Crippen molar-refractivity contribution in [2.75, 3.05) is 13.7 Å². The molecule has 5 heteroatoms. The van der Waals surface area contributed by atoms with Crippen LogP contribution in [0.5, 0.6) is 17.2 Å². The van der Waals surface area contributed by atoms with Crippen LogP contribution in [0.25, 0.3) is 5.57 Å². The van der Waals surface area contributed by atoms with Crippen molar-refractivity contribution >= 4 is 11.5 Å². The van der Waals surface area contributed by atoms with Crippen molar-refractivity contribution in [2.24, 2.45) is 0 Å². The van der Waals surface area contributed by atoms with Gasteiger partial charge in [-0.15, -0.1) is 0 Å². The van der Waals surface area contributed by atoms with Crippen molar-refractivity contribution in [1.82, 2.24) is 0 Å². The largest absolute Gasteiger partial charge is 0.496 e. The topological polar surface area (TPSA) is 65.0 Å². The van der Waals surface area contributed by atoms with Crippen LogP contribution < -0.4 is 14.2 Å². The van der Waals surface area contributed by atoms with Gasteiger partial charge in [-0.2, -0.15) is 0 Å². The van der Waals surface area contributed by atoms with E-state index in [-0.39, 0.29) is 6.42 Å². The first kappa shape index (κ1) is 19.5. The van der Waals surface area contributed by atoms with Crippen molar-refractivity contribution in [3.05, 3.63) is 71.5 Å². The van der Waals surface area contributed by atoms with Crippen LogP contribution in [0.3, 0.4) is 0 Å². The summed E-state index contributed by atoms with van der Waals surface area (Å²) in [6, 6.07) is 13.1. The molecule has 0 radical (unpaired) electrons. The van der Waals surface area contributed by atoms with E-state index < -0.39 is 5.97 Å². The van der Waals surface area contributed by atoms with Crippen LogP contribution in [0, 0.1) is 0 Å². The van der Waals surface area contributed by atoms with Crippen molar-refractivity contribution in [3.63, 3.8) is 0 Å². The zero-order chi connectivity index (χ0) is 19.9. The van der Waals surface area contributed by atoms with E-state index in [2.05, 4.69) is 6.08 Å². The van der Waals surface area contributed by atoms with Crippen molar-refractivity contribution in [3.8, 4) is 17.2 Å². The van der Waals surface area contributed by atoms with E-state index in [0.29, 0.717) is 23.7 Å². The van der Waals surface area contributed by atoms with Gasteiger partial charge in [0.2, 0.25) is 0 Å². The average Bonchev–Trinajstić information content (AvgIpc) is 2.67. The molecule has 0 amide bonds. The third-order valence-electron chi connectivity index (χ3n) is 4.34. The second kappa shape index (κ2) is 9.13. The highest BCUT2D eigenvalue weighted by atomic mass is 16.5. The molecule has 0 aliphatic heterocycles. The molecule has 0 atom stereocenters. The number of allylic oxidation sites excluding steroid dienone is 4. The van der Waals surface area contributed by atoms with Crippen molar-refractivity contribution in [2.45, 2.75) is 26.2 Å². The lowest BCUT2D eigenvalue weighted by atomic mass is 9.98. The standard InChI is InChI=1S/C23H24O5/c1-3-27-19-11-16(13-23(24)25)12-20(15-19)28-18-8-6-7-17(14-18)21-9-4-5-10-22(21)26-2/h4-5,7,9-12,14-15H,3,6,8,13H2,1-2H3,(H,24,25). The monoisotopic (exact) mass is 380 g/mol. The Morgan fingerprint density at radius 2 is 1.93 bits per heavy atom. The number of carboxylic acid groups (broad SMARTS) is 1. The van der Waals surface area contributed by atoms with Gasteiger partial charge in [0.15, 0.2) is 0 Å². The quantitative estimate of drug-likeness (QED) is 0.708. The van der Waals surface area contributed by atoms with Crippen LogP contribution in [0.2, 0.25) is 0 Å². The molecule has 2 aromatic rings. The van der Waals surface area contributed by atoms with E-state index in [0.717, 1.165) is 35.5 Å². The first-order valence-electron chi connectivity index (χ1n) is 9.29. The van der Waals surface area contributed by atoms with Gasteiger partial charge in [-0.25, -0.2) is 0 Å². The molecule has 0 fully saturated rings. The van der Waals surface area contributed by atoms with Crippen molar-refractivity contribution in [1.29, 1.82) is 0 Å². The Bertz CT molecular complexity index is 911. The second-order valence-corrected chi connectivity index (χ2v) is 6.43. The molecule has 3 rings (SSSR count). The average molecular weight is 380 g/mol. The number of hydrogen-bond donors (Lipinski definition) is 1. The summed E-state index contributed by atoms with van der Waals surface area (Å²) in [6.45, 7) is 2.39. The molecule has 2 aromatic carbocycles. The minimum absolute atomic E-state index is 0.0807. The van der Waals surface area contributed by atoms with E-state index in [1.165, 1.54) is 0 Å². The van der Waals surface area contributed by atoms with Crippen LogP contribution >= 0.6 is 0 Å². The number of hydrogen-bond acceptors (Lipinski definition) is 4. The van der Waals surface area contributed by atoms with Gasteiger partial charge in [0.1, 0.15) is 23.0 Å². The van der Waals surface area contributed by atoms with Gasteiger partial charge >= 0.3 is 5.97 Å². The fraction of sp³-hybridized carbons (Fsp3) is 0.261. The number of benzene rings is 2. The molecule has 1 N–H and O–H groups in total. The van der Waals surface area contributed by atoms with E-state index in [1.807, 2.05) is 37.3 Å². The zero-order valence-corrected chi connectivity index (χ0v) is 16.1. The Labute approximate surface area is 164 Å². The Hall–Kier alpha value is -3.21. The number of para-hydroxylation sites is 1.